The number of nitrogens with one attached hydrogen (secondary N) is 1. The second-order valence-corrected chi connectivity index (χ2v) is 7.74. The lowest BCUT2D eigenvalue weighted by atomic mass is 10.2. The number of guanidine groups is 1. The Morgan fingerprint density at radius 1 is 1.20 bits per heavy atom. The van der Waals surface area contributed by atoms with Crippen molar-refractivity contribution in [1.29, 1.82) is 0 Å². The van der Waals surface area contributed by atoms with Crippen LogP contribution < -0.4 is 5.32 Å². The number of rotatable bonds is 4. The van der Waals surface area contributed by atoms with Crippen molar-refractivity contribution in [3.05, 3.63) is 35.8 Å². The molecule has 1 aliphatic heterocycles. The molecule has 3 heterocycles. The van der Waals surface area contributed by atoms with Gasteiger partial charge < -0.3 is 24.1 Å². The predicted molar refractivity (Wildman–Crippen MR) is 124 cm³/mol. The molecule has 1 aliphatic carbocycles. The van der Waals surface area contributed by atoms with E-state index < -0.39 is 0 Å². The number of carbonyl (C=O) groups excluding carboxylic acids is 1. The average Bonchev–Trinajstić information content (AvgIpc) is 3.50. The van der Waals surface area contributed by atoms with Gasteiger partial charge in [0, 0.05) is 39.3 Å². The summed E-state index contributed by atoms with van der Waals surface area (Å²) in [6.07, 6.45) is 6.42. The zero-order valence-corrected chi connectivity index (χ0v) is 19.9. The van der Waals surface area contributed by atoms with E-state index in [0.717, 1.165) is 30.7 Å². The van der Waals surface area contributed by atoms with Gasteiger partial charge in [-0.25, -0.2) is 4.99 Å². The molecule has 0 radical (unpaired) electrons. The monoisotopic (exact) mass is 527 g/mol. The molecule has 1 saturated carbocycles. The molecule has 2 aliphatic rings. The third kappa shape index (κ3) is 5.13. The minimum Gasteiger partial charge on any atom is -0.459 e. The van der Waals surface area contributed by atoms with Gasteiger partial charge >= 0.3 is 0 Å². The van der Waals surface area contributed by atoms with E-state index in [2.05, 4.69) is 20.4 Å². The van der Waals surface area contributed by atoms with Gasteiger partial charge in [0.05, 0.1) is 6.26 Å². The van der Waals surface area contributed by atoms with E-state index in [0.29, 0.717) is 31.4 Å². The lowest BCUT2D eigenvalue weighted by Crippen LogP contribution is -2.55. The molecule has 4 rings (SSSR count). The molecule has 0 aromatic carbocycles. The molecule has 1 N–H and O–H groups in total. The Morgan fingerprint density at radius 2 is 1.90 bits per heavy atom. The minimum absolute atomic E-state index is 0. The summed E-state index contributed by atoms with van der Waals surface area (Å²) < 4.78 is 7.23. The number of hydrogen-bond acceptors (Lipinski definition) is 5. The Morgan fingerprint density at radius 3 is 2.50 bits per heavy atom. The average molecular weight is 527 g/mol. The first-order chi connectivity index (χ1) is 14.1. The van der Waals surface area contributed by atoms with E-state index in [9.17, 15) is 4.79 Å². The molecule has 10 heteroatoms. The van der Waals surface area contributed by atoms with Gasteiger partial charge in [0.2, 0.25) is 0 Å². The molecule has 9 nitrogen and oxygen atoms in total. The maximum atomic E-state index is 12.5. The van der Waals surface area contributed by atoms with Crippen LogP contribution in [-0.4, -0.2) is 68.7 Å². The number of amides is 1. The molecule has 2 aromatic rings. The summed E-state index contributed by atoms with van der Waals surface area (Å²) in [5, 5.41) is 12.0. The van der Waals surface area contributed by atoms with Gasteiger partial charge in [-0.3, -0.25) is 4.79 Å². The number of nitrogens with zero attached hydrogens (tertiary/aromatic N) is 6. The number of aliphatic imine (C=N–C) groups is 1. The molecular formula is C20H30IN7O2. The Balaban J connectivity index is 0.00000256. The van der Waals surface area contributed by atoms with Crippen LogP contribution in [0.3, 0.4) is 0 Å². The summed E-state index contributed by atoms with van der Waals surface area (Å²) in [5.41, 5.74) is 0. The van der Waals surface area contributed by atoms with Crippen molar-refractivity contribution in [3.63, 3.8) is 0 Å². The highest BCUT2D eigenvalue weighted by Gasteiger charge is 2.27. The number of hydrogen-bond donors (Lipinski definition) is 1. The standard InChI is InChI=1S/C20H29N7O2.HI/c1-15-23-24-18(25(15)2)14-21-20(22-16-6-3-4-7-16)27-11-9-26(10-12-27)19(28)17-8-5-13-29-17;/h5,8,13,16H,3-4,6-7,9-12,14H2,1-2H3,(H,21,22);1H. The number of carbonyl (C=O) groups is 1. The quantitative estimate of drug-likeness (QED) is 0.373. The molecule has 0 spiro atoms. The van der Waals surface area contributed by atoms with Crippen LogP contribution in [0.15, 0.2) is 27.8 Å². The van der Waals surface area contributed by atoms with E-state index in [1.165, 1.54) is 31.9 Å². The van der Waals surface area contributed by atoms with Crippen LogP contribution in [0.5, 0.6) is 0 Å². The Bertz CT molecular complexity index is 851. The zero-order chi connectivity index (χ0) is 20.2. The highest BCUT2D eigenvalue weighted by atomic mass is 127. The third-order valence-electron chi connectivity index (χ3n) is 5.84. The van der Waals surface area contributed by atoms with Crippen molar-refractivity contribution in [2.24, 2.45) is 12.0 Å². The fraction of sp³-hybridized carbons (Fsp3) is 0.600. The first kappa shape index (κ1) is 22.6. The maximum absolute atomic E-state index is 12.5. The second kappa shape index (κ2) is 10.3. The summed E-state index contributed by atoms with van der Waals surface area (Å²) in [6, 6.07) is 3.93. The van der Waals surface area contributed by atoms with Crippen LogP contribution in [0, 0.1) is 6.92 Å². The molecule has 0 unspecified atom stereocenters. The van der Waals surface area contributed by atoms with Gasteiger partial charge in [0.25, 0.3) is 5.91 Å². The Kier molecular flexibility index (Phi) is 7.73. The Labute approximate surface area is 193 Å². The van der Waals surface area contributed by atoms with Gasteiger partial charge in [-0.2, -0.15) is 0 Å². The van der Waals surface area contributed by atoms with E-state index in [1.54, 1.807) is 12.1 Å². The maximum Gasteiger partial charge on any atom is 0.289 e. The molecular weight excluding hydrogens is 497 g/mol. The number of aromatic nitrogens is 3. The van der Waals surface area contributed by atoms with Crippen LogP contribution in [-0.2, 0) is 13.6 Å². The number of piperazine rings is 1. The zero-order valence-electron chi connectivity index (χ0n) is 17.6. The van der Waals surface area contributed by atoms with E-state index in [-0.39, 0.29) is 29.9 Å². The fourth-order valence-electron chi connectivity index (χ4n) is 3.90. The molecule has 1 amide bonds. The van der Waals surface area contributed by atoms with E-state index >= 15 is 0 Å². The van der Waals surface area contributed by atoms with E-state index in [1.807, 2.05) is 23.4 Å². The van der Waals surface area contributed by atoms with Gasteiger partial charge in [0.1, 0.15) is 12.4 Å². The van der Waals surface area contributed by atoms with Crippen molar-refractivity contribution in [3.8, 4) is 0 Å². The number of furan rings is 1. The molecule has 2 aromatic heterocycles. The Hall–Kier alpha value is -2.11. The molecule has 0 atom stereocenters. The molecule has 164 valence electrons. The summed E-state index contributed by atoms with van der Waals surface area (Å²) in [4.78, 5) is 21.5. The topological polar surface area (TPSA) is 91.8 Å². The van der Waals surface area contributed by atoms with Crippen molar-refractivity contribution in [2.75, 3.05) is 26.2 Å². The summed E-state index contributed by atoms with van der Waals surface area (Å²) in [5.74, 6) is 2.98. The number of aryl methyl sites for hydroxylation is 1. The van der Waals surface area contributed by atoms with Gasteiger partial charge in [-0.05, 0) is 31.9 Å². The third-order valence-corrected chi connectivity index (χ3v) is 5.84. The van der Waals surface area contributed by atoms with Crippen molar-refractivity contribution in [1.82, 2.24) is 29.9 Å². The molecule has 2 fully saturated rings. The van der Waals surface area contributed by atoms with Gasteiger partial charge in [0.15, 0.2) is 17.5 Å². The van der Waals surface area contributed by atoms with Crippen LogP contribution in [0.25, 0.3) is 0 Å². The van der Waals surface area contributed by atoms with Crippen LogP contribution in [0.1, 0.15) is 47.9 Å². The van der Waals surface area contributed by atoms with Crippen LogP contribution in [0.4, 0.5) is 0 Å². The first-order valence-electron chi connectivity index (χ1n) is 10.4. The smallest absolute Gasteiger partial charge is 0.289 e. The van der Waals surface area contributed by atoms with Gasteiger partial charge in [-0.15, -0.1) is 34.2 Å². The lowest BCUT2D eigenvalue weighted by molar-refractivity contribution is 0.0657. The van der Waals surface area contributed by atoms with Crippen molar-refractivity contribution in [2.45, 2.75) is 45.2 Å². The van der Waals surface area contributed by atoms with Gasteiger partial charge in [-0.1, -0.05) is 12.8 Å². The summed E-state index contributed by atoms with van der Waals surface area (Å²) in [6.45, 7) is 5.19. The normalized spacial score (nSPS) is 17.9. The highest BCUT2D eigenvalue weighted by Crippen LogP contribution is 2.18. The first-order valence-corrected chi connectivity index (χ1v) is 10.4. The van der Waals surface area contributed by atoms with Crippen molar-refractivity contribution >= 4 is 35.8 Å². The van der Waals surface area contributed by atoms with Crippen LogP contribution in [0.2, 0.25) is 0 Å². The second-order valence-electron chi connectivity index (χ2n) is 7.74. The molecule has 30 heavy (non-hydrogen) atoms. The summed E-state index contributed by atoms with van der Waals surface area (Å²) in [7, 11) is 1.96. The highest BCUT2D eigenvalue weighted by molar-refractivity contribution is 14.0. The van der Waals surface area contributed by atoms with E-state index in [4.69, 9.17) is 9.41 Å². The largest absolute Gasteiger partial charge is 0.459 e. The molecule has 0 bridgehead atoms. The lowest BCUT2D eigenvalue weighted by Gasteiger charge is -2.37. The minimum atomic E-state index is -0.0496. The fourth-order valence-corrected chi connectivity index (χ4v) is 3.90. The van der Waals surface area contributed by atoms with Crippen molar-refractivity contribution < 1.29 is 9.21 Å². The number of halogens is 1. The predicted octanol–water partition coefficient (Wildman–Crippen LogP) is 2.18. The summed E-state index contributed by atoms with van der Waals surface area (Å²) >= 11 is 0. The SMILES string of the molecule is Cc1nnc(CN=C(NC2CCCC2)N2CCN(C(=O)c3ccco3)CC2)n1C.I. The molecule has 1 saturated heterocycles. The van der Waals surface area contributed by atoms with Crippen LogP contribution >= 0.6 is 24.0 Å².